The second-order valence-corrected chi connectivity index (χ2v) is 7.79. The van der Waals surface area contributed by atoms with Crippen LogP contribution in [0, 0.1) is 30.4 Å². The Balaban J connectivity index is 1.70. The van der Waals surface area contributed by atoms with Crippen molar-refractivity contribution in [2.24, 2.45) is 11.8 Å². The van der Waals surface area contributed by atoms with E-state index in [0.29, 0.717) is 13.1 Å². The van der Waals surface area contributed by atoms with Gasteiger partial charge in [-0.3, -0.25) is 4.79 Å². The quantitative estimate of drug-likeness (QED) is 0.879. The average Bonchev–Trinajstić information content (AvgIpc) is 3.19. The number of carbonyl (C=O) groups excluding carboxylic acids is 1. The van der Waals surface area contributed by atoms with E-state index in [2.05, 4.69) is 4.90 Å². The summed E-state index contributed by atoms with van der Waals surface area (Å²) in [5.41, 5.74) is 2.06. The SMILES string of the molecule is Cc1ccccc1[C@@H]1[C@H]2CN(CCO)C[C@H]2CN1C(=O)c1ccc(F)cc1F. The molecule has 1 amide bonds. The monoisotopic (exact) mass is 386 g/mol. The first-order chi connectivity index (χ1) is 13.5. The fraction of sp³-hybridized carbons (Fsp3) is 0.409. The molecule has 3 atom stereocenters. The highest BCUT2D eigenvalue weighted by Gasteiger charge is 2.49. The molecule has 28 heavy (non-hydrogen) atoms. The number of benzene rings is 2. The molecule has 0 aromatic heterocycles. The summed E-state index contributed by atoms with van der Waals surface area (Å²) < 4.78 is 27.6. The molecule has 2 aromatic carbocycles. The Kier molecular flexibility index (Phi) is 5.17. The third-order valence-electron chi connectivity index (χ3n) is 6.09. The summed E-state index contributed by atoms with van der Waals surface area (Å²) in [5.74, 6) is -1.42. The van der Waals surface area contributed by atoms with Crippen molar-refractivity contribution in [2.45, 2.75) is 13.0 Å². The summed E-state index contributed by atoms with van der Waals surface area (Å²) in [6.45, 7) is 4.88. The van der Waals surface area contributed by atoms with Crippen molar-refractivity contribution >= 4 is 5.91 Å². The Morgan fingerprint density at radius 1 is 1.14 bits per heavy atom. The number of β-amino-alcohol motifs (C(OH)–C–C–N with tert-alkyl or cyclic N) is 1. The molecule has 0 saturated carbocycles. The summed E-state index contributed by atoms with van der Waals surface area (Å²) in [5, 5.41) is 9.28. The van der Waals surface area contributed by atoms with Gasteiger partial charge in [-0.25, -0.2) is 8.78 Å². The van der Waals surface area contributed by atoms with Gasteiger partial charge in [0.25, 0.3) is 5.91 Å². The molecule has 0 spiro atoms. The highest BCUT2D eigenvalue weighted by molar-refractivity contribution is 5.95. The zero-order valence-electron chi connectivity index (χ0n) is 15.8. The molecule has 2 aliphatic heterocycles. The predicted molar refractivity (Wildman–Crippen MR) is 102 cm³/mol. The van der Waals surface area contributed by atoms with E-state index in [1.165, 1.54) is 6.07 Å². The van der Waals surface area contributed by atoms with Gasteiger partial charge >= 0.3 is 0 Å². The maximum Gasteiger partial charge on any atom is 0.257 e. The second kappa shape index (κ2) is 7.60. The van der Waals surface area contributed by atoms with Gasteiger partial charge in [0.1, 0.15) is 11.6 Å². The topological polar surface area (TPSA) is 43.8 Å². The van der Waals surface area contributed by atoms with Crippen molar-refractivity contribution in [3.05, 3.63) is 70.8 Å². The molecule has 4 rings (SSSR count). The van der Waals surface area contributed by atoms with Gasteiger partial charge in [-0.1, -0.05) is 24.3 Å². The number of fused-ring (bicyclic) bond motifs is 1. The first-order valence-electron chi connectivity index (χ1n) is 9.64. The number of hydrogen-bond acceptors (Lipinski definition) is 3. The number of carbonyl (C=O) groups is 1. The van der Waals surface area contributed by atoms with Crippen LogP contribution < -0.4 is 0 Å². The van der Waals surface area contributed by atoms with Crippen molar-refractivity contribution in [1.82, 2.24) is 9.80 Å². The third kappa shape index (κ3) is 3.31. The zero-order chi connectivity index (χ0) is 19.8. The van der Waals surface area contributed by atoms with E-state index in [9.17, 15) is 18.7 Å². The molecule has 2 aromatic rings. The lowest BCUT2D eigenvalue weighted by atomic mass is 9.87. The molecule has 2 aliphatic rings. The Hall–Kier alpha value is -2.31. The first-order valence-corrected chi connectivity index (χ1v) is 9.64. The zero-order valence-corrected chi connectivity index (χ0v) is 15.8. The molecule has 4 nitrogen and oxygen atoms in total. The van der Waals surface area contributed by atoms with E-state index in [4.69, 9.17) is 0 Å². The Morgan fingerprint density at radius 2 is 1.93 bits per heavy atom. The number of amides is 1. The molecule has 0 unspecified atom stereocenters. The minimum atomic E-state index is -0.826. The highest BCUT2D eigenvalue weighted by atomic mass is 19.1. The van der Waals surface area contributed by atoms with Gasteiger partial charge in [0.05, 0.1) is 18.2 Å². The summed E-state index contributed by atoms with van der Waals surface area (Å²) in [7, 11) is 0. The Bertz CT molecular complexity index is 889. The lowest BCUT2D eigenvalue weighted by molar-refractivity contribution is 0.0692. The molecular weight excluding hydrogens is 362 g/mol. The van der Waals surface area contributed by atoms with E-state index in [-0.39, 0.29) is 30.0 Å². The fourth-order valence-corrected chi connectivity index (χ4v) is 4.80. The lowest BCUT2D eigenvalue weighted by Crippen LogP contribution is -2.37. The molecule has 0 radical (unpaired) electrons. The minimum Gasteiger partial charge on any atom is -0.395 e. The molecule has 2 fully saturated rings. The number of rotatable bonds is 4. The van der Waals surface area contributed by atoms with Crippen LogP contribution in [0.5, 0.6) is 0 Å². The highest BCUT2D eigenvalue weighted by Crippen LogP contribution is 2.46. The summed E-state index contributed by atoms with van der Waals surface area (Å²) in [4.78, 5) is 17.2. The fourth-order valence-electron chi connectivity index (χ4n) is 4.80. The lowest BCUT2D eigenvalue weighted by Gasteiger charge is -2.31. The first kappa shape index (κ1) is 19.0. The van der Waals surface area contributed by atoms with Crippen LogP contribution in [0.3, 0.4) is 0 Å². The summed E-state index contributed by atoms with van der Waals surface area (Å²) >= 11 is 0. The maximum atomic E-state index is 14.3. The van der Waals surface area contributed by atoms with Crippen molar-refractivity contribution in [3.63, 3.8) is 0 Å². The van der Waals surface area contributed by atoms with Crippen molar-refractivity contribution in [1.29, 1.82) is 0 Å². The number of aryl methyl sites for hydroxylation is 1. The molecule has 2 heterocycles. The van der Waals surface area contributed by atoms with Crippen molar-refractivity contribution < 1.29 is 18.7 Å². The number of hydrogen-bond donors (Lipinski definition) is 1. The van der Waals surface area contributed by atoms with E-state index >= 15 is 0 Å². The standard InChI is InChI=1S/C22H24F2N2O2/c1-14-4-2-3-5-17(14)21-19-13-25(8-9-27)11-15(19)12-26(21)22(28)18-7-6-16(23)10-20(18)24/h2-7,10,15,19,21,27H,8-9,11-13H2,1H3/t15-,19-,21+/m0/s1. The van der Waals surface area contributed by atoms with Gasteiger partial charge < -0.3 is 14.9 Å². The van der Waals surface area contributed by atoms with Gasteiger partial charge in [-0.2, -0.15) is 0 Å². The number of likely N-dealkylation sites (tertiary alicyclic amines) is 2. The predicted octanol–water partition coefficient (Wildman–Crippen LogP) is 3.01. The van der Waals surface area contributed by atoms with E-state index in [1.807, 2.05) is 31.2 Å². The smallest absolute Gasteiger partial charge is 0.257 e. The van der Waals surface area contributed by atoms with Crippen molar-refractivity contribution in [2.75, 3.05) is 32.8 Å². The average molecular weight is 386 g/mol. The van der Waals surface area contributed by atoms with Gasteiger partial charge in [-0.05, 0) is 36.1 Å². The van der Waals surface area contributed by atoms with Crippen LogP contribution in [0.15, 0.2) is 42.5 Å². The van der Waals surface area contributed by atoms with Gasteiger partial charge in [0.2, 0.25) is 0 Å². The van der Waals surface area contributed by atoms with Crippen LogP contribution in [-0.4, -0.2) is 53.6 Å². The van der Waals surface area contributed by atoms with E-state index in [0.717, 1.165) is 36.3 Å². The number of nitrogens with zero attached hydrogens (tertiary/aromatic N) is 2. The van der Waals surface area contributed by atoms with Crippen LogP contribution in [0.2, 0.25) is 0 Å². The van der Waals surface area contributed by atoms with Crippen LogP contribution in [0.1, 0.15) is 27.5 Å². The molecular formula is C22H24F2N2O2. The molecule has 0 aliphatic carbocycles. The molecule has 148 valence electrons. The molecule has 2 saturated heterocycles. The molecule has 6 heteroatoms. The maximum absolute atomic E-state index is 14.3. The largest absolute Gasteiger partial charge is 0.395 e. The van der Waals surface area contributed by atoms with Crippen LogP contribution in [-0.2, 0) is 0 Å². The normalized spacial score (nSPS) is 24.6. The van der Waals surface area contributed by atoms with Gasteiger partial charge in [0, 0.05) is 38.2 Å². The third-order valence-corrected chi connectivity index (χ3v) is 6.09. The summed E-state index contributed by atoms with van der Waals surface area (Å²) in [6.07, 6.45) is 0. The van der Waals surface area contributed by atoms with Crippen LogP contribution in [0.4, 0.5) is 8.78 Å². The molecule has 0 bridgehead atoms. The Labute approximate surface area is 163 Å². The van der Waals surface area contributed by atoms with Gasteiger partial charge in [-0.15, -0.1) is 0 Å². The number of halogens is 2. The van der Waals surface area contributed by atoms with Crippen LogP contribution >= 0.6 is 0 Å². The Morgan fingerprint density at radius 3 is 2.64 bits per heavy atom. The van der Waals surface area contributed by atoms with E-state index in [1.54, 1.807) is 4.90 Å². The van der Waals surface area contributed by atoms with Gasteiger partial charge in [0.15, 0.2) is 0 Å². The molecule has 1 N–H and O–H groups in total. The number of aliphatic hydroxyl groups excluding tert-OH is 1. The van der Waals surface area contributed by atoms with Crippen molar-refractivity contribution in [3.8, 4) is 0 Å². The number of aliphatic hydroxyl groups is 1. The second-order valence-electron chi connectivity index (χ2n) is 7.79. The summed E-state index contributed by atoms with van der Waals surface area (Å²) in [6, 6.07) is 10.9. The minimum absolute atomic E-state index is 0.0906. The van der Waals surface area contributed by atoms with E-state index < -0.39 is 17.5 Å². The van der Waals surface area contributed by atoms with Crippen LogP contribution in [0.25, 0.3) is 0 Å².